The highest BCUT2D eigenvalue weighted by molar-refractivity contribution is 5.70. The molecular weight excluding hydrogens is 328 g/mol. The van der Waals surface area contributed by atoms with Crippen molar-refractivity contribution in [3.05, 3.63) is 53.1 Å². The summed E-state index contributed by atoms with van der Waals surface area (Å²) in [6.07, 6.45) is 9.04. The minimum atomic E-state index is 0. The monoisotopic (exact) mass is 354 g/mol. The molecule has 0 N–H and O–H groups in total. The summed E-state index contributed by atoms with van der Waals surface area (Å²) in [6, 6.07) is 10.8. The van der Waals surface area contributed by atoms with Crippen LogP contribution in [-0.4, -0.2) is 43.2 Å². The first-order valence-corrected chi connectivity index (χ1v) is 9.74. The van der Waals surface area contributed by atoms with Gasteiger partial charge in [0, 0.05) is 31.0 Å². The first-order chi connectivity index (χ1) is 11.7. The summed E-state index contributed by atoms with van der Waals surface area (Å²) in [5.74, 6) is 0.722. The lowest BCUT2D eigenvalue weighted by Gasteiger charge is -2.56. The fourth-order valence-electron chi connectivity index (χ4n) is 7.37. The van der Waals surface area contributed by atoms with Crippen LogP contribution in [0.5, 0.6) is 0 Å². The Morgan fingerprint density at radius 2 is 2.12 bits per heavy atom. The van der Waals surface area contributed by atoms with Gasteiger partial charge in [0.2, 0.25) is 0 Å². The molecule has 4 heterocycles. The molecule has 2 saturated heterocycles. The molecule has 0 aromatic heterocycles. The molecular formula is C22H27ClN2. The van der Waals surface area contributed by atoms with Gasteiger partial charge in [-0.2, -0.15) is 0 Å². The third-order valence-electron chi connectivity index (χ3n) is 8.19. The van der Waals surface area contributed by atoms with Gasteiger partial charge >= 0.3 is 0 Å². The average Bonchev–Trinajstić information content (AvgIpc) is 3.11. The van der Waals surface area contributed by atoms with Crippen LogP contribution in [0.1, 0.15) is 31.7 Å². The summed E-state index contributed by atoms with van der Waals surface area (Å²) in [7, 11) is 2.54. The zero-order valence-corrected chi connectivity index (χ0v) is 16.0. The van der Waals surface area contributed by atoms with Crippen molar-refractivity contribution in [2.24, 2.45) is 5.92 Å². The lowest BCUT2D eigenvalue weighted by Crippen LogP contribution is -3.00. The number of hydrogen-bond donors (Lipinski definition) is 0. The van der Waals surface area contributed by atoms with Crippen LogP contribution in [0.2, 0.25) is 0 Å². The minimum Gasteiger partial charge on any atom is -1.00 e. The van der Waals surface area contributed by atoms with Crippen molar-refractivity contribution < 1.29 is 16.9 Å². The van der Waals surface area contributed by atoms with Crippen molar-refractivity contribution in [3.63, 3.8) is 0 Å². The van der Waals surface area contributed by atoms with E-state index < -0.39 is 0 Å². The van der Waals surface area contributed by atoms with Crippen LogP contribution in [0.4, 0.5) is 5.69 Å². The largest absolute Gasteiger partial charge is 1.00 e. The Kier molecular flexibility index (Phi) is 3.14. The predicted molar refractivity (Wildman–Crippen MR) is 98.1 cm³/mol. The molecule has 0 radical (unpaired) electrons. The molecule has 5 atom stereocenters. The Bertz CT molecular complexity index is 812. The van der Waals surface area contributed by atoms with E-state index in [0.29, 0.717) is 11.5 Å². The van der Waals surface area contributed by atoms with Crippen molar-refractivity contribution in [2.75, 3.05) is 31.6 Å². The summed E-state index contributed by atoms with van der Waals surface area (Å²) in [5, 5.41) is 0. The molecule has 132 valence electrons. The highest BCUT2D eigenvalue weighted by Crippen LogP contribution is 2.65. The highest BCUT2D eigenvalue weighted by atomic mass is 35.5. The van der Waals surface area contributed by atoms with Crippen molar-refractivity contribution in [1.29, 1.82) is 0 Å². The van der Waals surface area contributed by atoms with Crippen LogP contribution in [0, 0.1) is 5.92 Å². The van der Waals surface area contributed by atoms with Crippen molar-refractivity contribution in [2.45, 2.75) is 43.7 Å². The number of hydrogen-bond acceptors (Lipinski definition) is 1. The lowest BCUT2D eigenvalue weighted by molar-refractivity contribution is -0.924. The molecule has 3 fully saturated rings. The lowest BCUT2D eigenvalue weighted by atomic mass is 9.57. The maximum atomic E-state index is 2.79. The van der Waals surface area contributed by atoms with E-state index in [0.717, 1.165) is 12.0 Å². The van der Waals surface area contributed by atoms with Crippen molar-refractivity contribution in [1.82, 2.24) is 0 Å². The quantitative estimate of drug-likeness (QED) is 0.488. The zero-order chi connectivity index (χ0) is 16.1. The Labute approximate surface area is 157 Å². The molecule has 5 unspecified atom stereocenters. The minimum absolute atomic E-state index is 0. The van der Waals surface area contributed by atoms with Crippen LogP contribution in [0.3, 0.4) is 0 Å². The number of benzene rings is 1. The van der Waals surface area contributed by atoms with Crippen LogP contribution < -0.4 is 17.3 Å². The maximum Gasteiger partial charge on any atom is 0.102 e. The van der Waals surface area contributed by atoms with Gasteiger partial charge in [0.05, 0.1) is 25.0 Å². The first kappa shape index (κ1) is 16.0. The number of nitrogens with zero attached hydrogens (tertiary/aromatic N) is 2. The van der Waals surface area contributed by atoms with Gasteiger partial charge in [0.1, 0.15) is 12.6 Å². The van der Waals surface area contributed by atoms with Gasteiger partial charge in [0.25, 0.3) is 0 Å². The Morgan fingerprint density at radius 3 is 2.96 bits per heavy atom. The molecule has 1 aliphatic carbocycles. The van der Waals surface area contributed by atoms with Crippen LogP contribution in [0.25, 0.3) is 0 Å². The van der Waals surface area contributed by atoms with Crippen LogP contribution >= 0.6 is 0 Å². The van der Waals surface area contributed by atoms with E-state index >= 15 is 0 Å². The fourth-order valence-corrected chi connectivity index (χ4v) is 7.37. The highest BCUT2D eigenvalue weighted by Gasteiger charge is 2.71. The van der Waals surface area contributed by atoms with Crippen LogP contribution in [-0.2, 0) is 5.41 Å². The van der Waals surface area contributed by atoms with Gasteiger partial charge in [-0.15, -0.1) is 0 Å². The zero-order valence-electron chi connectivity index (χ0n) is 15.2. The van der Waals surface area contributed by atoms with E-state index in [1.807, 2.05) is 0 Å². The number of halogens is 1. The van der Waals surface area contributed by atoms with Gasteiger partial charge < -0.3 is 21.8 Å². The standard InChI is InChI=1S/C22H27N2.ClH/c1-3-15-14-24(2)12-10-22-18-8-4-5-9-19(18)23-11-6-7-16(21(22)23)17(15)13-20(22)24;/h3-5,7-9,17,20-21H,6,10-14H2,1-2H3;1H/q+1;/p-1/b15-3+;. The molecule has 25 heavy (non-hydrogen) atoms. The second-order valence-electron chi connectivity index (χ2n) is 8.93. The van der Waals surface area contributed by atoms with Crippen molar-refractivity contribution >= 4 is 5.69 Å². The van der Waals surface area contributed by atoms with Crippen LogP contribution in [0.15, 0.2) is 47.6 Å². The number of rotatable bonds is 0. The molecule has 6 rings (SSSR count). The van der Waals surface area contributed by atoms with E-state index in [-0.39, 0.29) is 12.4 Å². The fraction of sp³-hybridized carbons (Fsp3) is 0.545. The number of likely N-dealkylation sites (N-methyl/N-ethyl adjacent to an activating group) is 1. The summed E-state index contributed by atoms with van der Waals surface area (Å²) >= 11 is 0. The van der Waals surface area contributed by atoms with E-state index in [2.05, 4.69) is 55.3 Å². The van der Waals surface area contributed by atoms with Gasteiger partial charge in [0.15, 0.2) is 0 Å². The number of piperidine rings is 1. The summed E-state index contributed by atoms with van der Waals surface area (Å²) in [4.78, 5) is 2.79. The van der Waals surface area contributed by atoms with Gasteiger partial charge in [-0.3, -0.25) is 0 Å². The Hall–Kier alpha value is -1.25. The van der Waals surface area contributed by atoms with Gasteiger partial charge in [-0.25, -0.2) is 0 Å². The molecule has 1 aromatic carbocycles. The molecule has 0 amide bonds. The van der Waals surface area contributed by atoms with E-state index in [4.69, 9.17) is 0 Å². The summed E-state index contributed by atoms with van der Waals surface area (Å²) < 4.78 is 1.28. The number of quaternary nitrogens is 1. The van der Waals surface area contributed by atoms with E-state index in [1.165, 1.54) is 43.4 Å². The molecule has 2 nitrogen and oxygen atoms in total. The maximum absolute atomic E-state index is 2.79. The number of para-hydroxylation sites is 1. The van der Waals surface area contributed by atoms with E-state index in [9.17, 15) is 0 Å². The third kappa shape index (κ3) is 1.62. The Morgan fingerprint density at radius 1 is 1.28 bits per heavy atom. The number of anilines is 1. The van der Waals surface area contributed by atoms with Gasteiger partial charge in [-0.05, 0) is 36.1 Å². The molecule has 1 aromatic rings. The number of allylic oxidation sites excluding steroid dienone is 1. The smallest absolute Gasteiger partial charge is 0.102 e. The topological polar surface area (TPSA) is 3.24 Å². The summed E-state index contributed by atoms with van der Waals surface area (Å²) in [5.41, 5.74) is 7.10. The molecule has 4 aliphatic heterocycles. The number of fused-ring (bicyclic) bond motifs is 4. The average molecular weight is 355 g/mol. The SMILES string of the molecule is C/C=C1\C[N+]2(C)CCC34c5ccccc5N5CCC=C(C1CC32)C54.[Cl-]. The molecule has 5 aliphatic rings. The van der Waals surface area contributed by atoms with Gasteiger partial charge in [-0.1, -0.05) is 30.4 Å². The first-order valence-electron chi connectivity index (χ1n) is 9.74. The molecule has 1 spiro atoms. The third-order valence-corrected chi connectivity index (χ3v) is 8.19. The normalized spacial score (nSPS) is 44.1. The second-order valence-corrected chi connectivity index (χ2v) is 8.93. The molecule has 3 heteroatoms. The molecule has 1 saturated carbocycles. The predicted octanol–water partition coefficient (Wildman–Crippen LogP) is 0.646. The molecule has 2 bridgehead atoms. The Balaban J connectivity index is 0.00000140. The van der Waals surface area contributed by atoms with E-state index in [1.54, 1.807) is 22.4 Å². The second kappa shape index (κ2) is 4.92. The van der Waals surface area contributed by atoms with Crippen molar-refractivity contribution in [3.8, 4) is 0 Å². The summed E-state index contributed by atoms with van der Waals surface area (Å²) in [6.45, 7) is 6.10.